The number of hydrogen-bond acceptors (Lipinski definition) is 3. The topological polar surface area (TPSA) is 58.6 Å². The minimum absolute atomic E-state index is 0.117. The molecule has 31 heavy (non-hydrogen) atoms. The van der Waals surface area contributed by atoms with Crippen LogP contribution in [0.25, 0.3) is 0 Å². The summed E-state index contributed by atoms with van der Waals surface area (Å²) in [6.45, 7) is 2.27. The van der Waals surface area contributed by atoms with E-state index in [1.165, 1.54) is 23.8 Å². The lowest BCUT2D eigenvalue weighted by Gasteiger charge is -2.33. The molecule has 1 N–H and O–H groups in total. The van der Waals surface area contributed by atoms with Gasteiger partial charge < -0.3 is 15.0 Å². The molecule has 0 spiro atoms. The first-order chi connectivity index (χ1) is 15.0. The Hall–Kier alpha value is -3.67. The van der Waals surface area contributed by atoms with Gasteiger partial charge in [-0.1, -0.05) is 36.4 Å². The number of aryl methyl sites for hydroxylation is 1. The van der Waals surface area contributed by atoms with Gasteiger partial charge in [0.05, 0.1) is 5.69 Å². The molecule has 2 amide bonds. The summed E-state index contributed by atoms with van der Waals surface area (Å²) in [7, 11) is 0. The van der Waals surface area contributed by atoms with E-state index < -0.39 is 17.8 Å². The number of carbonyl (C=O) groups excluding carboxylic acids is 2. The number of rotatable bonds is 6. The molecule has 3 aromatic carbocycles. The van der Waals surface area contributed by atoms with Crippen molar-refractivity contribution in [3.63, 3.8) is 0 Å². The predicted octanol–water partition coefficient (Wildman–Crippen LogP) is 4.82. The summed E-state index contributed by atoms with van der Waals surface area (Å²) < 4.78 is 19.2. The van der Waals surface area contributed by atoms with Crippen molar-refractivity contribution in [2.45, 2.75) is 25.9 Å². The number of nitrogens with zero attached hydrogens (tertiary/aromatic N) is 1. The van der Waals surface area contributed by atoms with Crippen molar-refractivity contribution in [2.24, 2.45) is 0 Å². The third-order valence-corrected chi connectivity index (χ3v) is 5.20. The van der Waals surface area contributed by atoms with Crippen molar-refractivity contribution in [2.75, 3.05) is 16.8 Å². The molecule has 1 atom stereocenters. The molecule has 1 aliphatic rings. The van der Waals surface area contributed by atoms with Crippen molar-refractivity contribution < 1.29 is 18.7 Å². The van der Waals surface area contributed by atoms with Crippen LogP contribution in [-0.4, -0.2) is 24.5 Å². The Morgan fingerprint density at radius 3 is 2.65 bits per heavy atom. The van der Waals surface area contributed by atoms with Gasteiger partial charge in [0.25, 0.3) is 11.8 Å². The Bertz CT molecular complexity index is 1100. The van der Waals surface area contributed by atoms with Crippen molar-refractivity contribution in [3.8, 4) is 5.75 Å². The SMILES string of the molecule is CC1Oc2ccc(NC(=O)c3cccc(F)c3)cc2N(CCCc2ccccc2)C1=O. The van der Waals surface area contributed by atoms with Crippen molar-refractivity contribution in [1.82, 2.24) is 0 Å². The number of carbonyl (C=O) groups is 2. The minimum atomic E-state index is -0.572. The molecule has 1 aliphatic heterocycles. The summed E-state index contributed by atoms with van der Waals surface area (Å²) in [4.78, 5) is 27.0. The first-order valence-corrected chi connectivity index (χ1v) is 10.2. The Kier molecular flexibility index (Phi) is 5.98. The van der Waals surface area contributed by atoms with Gasteiger partial charge in [0.15, 0.2) is 6.10 Å². The number of anilines is 2. The Morgan fingerprint density at radius 2 is 1.87 bits per heavy atom. The number of amides is 2. The quantitative estimate of drug-likeness (QED) is 0.624. The van der Waals surface area contributed by atoms with Crippen LogP contribution in [0.2, 0.25) is 0 Å². The summed E-state index contributed by atoms with van der Waals surface area (Å²) in [5.74, 6) is -0.424. The molecule has 0 bridgehead atoms. The summed E-state index contributed by atoms with van der Waals surface area (Å²) in [6, 6.07) is 20.8. The molecular weight excluding hydrogens is 395 g/mol. The number of fused-ring (bicyclic) bond motifs is 1. The number of hydrogen-bond donors (Lipinski definition) is 1. The fourth-order valence-electron chi connectivity index (χ4n) is 3.63. The van der Waals surface area contributed by atoms with Crippen molar-refractivity contribution in [1.29, 1.82) is 0 Å². The first kappa shape index (κ1) is 20.6. The van der Waals surface area contributed by atoms with Crippen LogP contribution in [-0.2, 0) is 11.2 Å². The number of benzene rings is 3. The largest absolute Gasteiger partial charge is 0.479 e. The molecule has 0 fully saturated rings. The highest BCUT2D eigenvalue weighted by atomic mass is 19.1. The standard InChI is InChI=1S/C25H23FN2O3/c1-17-25(30)28(14-6-9-18-7-3-2-4-8-18)22-16-21(12-13-23(22)31-17)27-24(29)19-10-5-11-20(26)15-19/h2-5,7-8,10-13,15-17H,6,9,14H2,1H3,(H,27,29). The van der Waals surface area contributed by atoms with E-state index in [4.69, 9.17) is 4.74 Å². The zero-order chi connectivity index (χ0) is 21.8. The van der Waals surface area contributed by atoms with Crippen molar-refractivity contribution in [3.05, 3.63) is 89.7 Å². The van der Waals surface area contributed by atoms with Crippen LogP contribution in [0, 0.1) is 5.82 Å². The van der Waals surface area contributed by atoms with E-state index >= 15 is 0 Å². The number of halogens is 1. The van der Waals surface area contributed by atoms with Gasteiger partial charge in [0.1, 0.15) is 11.6 Å². The second kappa shape index (κ2) is 9.00. The third kappa shape index (κ3) is 4.74. The molecule has 3 aromatic rings. The molecule has 5 nitrogen and oxygen atoms in total. The highest BCUT2D eigenvalue weighted by molar-refractivity contribution is 6.05. The molecule has 0 saturated carbocycles. The molecular formula is C25H23FN2O3. The summed E-state index contributed by atoms with van der Waals surface area (Å²) in [5.41, 5.74) is 2.56. The van der Waals surface area contributed by atoms with E-state index in [9.17, 15) is 14.0 Å². The monoisotopic (exact) mass is 418 g/mol. The van der Waals surface area contributed by atoms with Gasteiger partial charge in [0, 0.05) is 17.8 Å². The molecule has 1 heterocycles. The number of ether oxygens (including phenoxy) is 1. The van der Waals surface area contributed by atoms with Gasteiger partial charge in [-0.15, -0.1) is 0 Å². The van der Waals surface area contributed by atoms with E-state index in [2.05, 4.69) is 17.4 Å². The maximum Gasteiger partial charge on any atom is 0.267 e. The van der Waals surface area contributed by atoms with Gasteiger partial charge in [-0.25, -0.2) is 4.39 Å². The highest BCUT2D eigenvalue weighted by Crippen LogP contribution is 2.36. The van der Waals surface area contributed by atoms with Crippen LogP contribution in [0.4, 0.5) is 15.8 Å². The Morgan fingerprint density at radius 1 is 1.06 bits per heavy atom. The summed E-state index contributed by atoms with van der Waals surface area (Å²) >= 11 is 0. The normalized spacial score (nSPS) is 15.2. The van der Waals surface area contributed by atoms with Gasteiger partial charge in [0.2, 0.25) is 0 Å². The van der Waals surface area contributed by atoms with Crippen LogP contribution < -0.4 is 15.0 Å². The molecule has 158 valence electrons. The molecule has 0 aliphatic carbocycles. The van der Waals surface area contributed by atoms with Crippen molar-refractivity contribution >= 4 is 23.2 Å². The van der Waals surface area contributed by atoms with Gasteiger partial charge in [-0.05, 0) is 61.7 Å². The highest BCUT2D eigenvalue weighted by Gasteiger charge is 2.31. The van der Waals surface area contributed by atoms with Crippen LogP contribution >= 0.6 is 0 Å². The molecule has 4 rings (SSSR count). The van der Waals surface area contributed by atoms with Gasteiger partial charge in [-0.2, -0.15) is 0 Å². The average molecular weight is 418 g/mol. The zero-order valence-electron chi connectivity index (χ0n) is 17.2. The van der Waals surface area contributed by atoms with E-state index in [0.29, 0.717) is 23.7 Å². The van der Waals surface area contributed by atoms with Crippen LogP contribution in [0.5, 0.6) is 5.75 Å². The smallest absolute Gasteiger partial charge is 0.267 e. The van der Waals surface area contributed by atoms with Gasteiger partial charge in [-0.3, -0.25) is 9.59 Å². The lowest BCUT2D eigenvalue weighted by molar-refractivity contribution is -0.125. The minimum Gasteiger partial charge on any atom is -0.479 e. The lowest BCUT2D eigenvalue weighted by atomic mass is 10.1. The maximum absolute atomic E-state index is 13.4. The predicted molar refractivity (Wildman–Crippen MR) is 118 cm³/mol. The van der Waals surface area contributed by atoms with E-state index in [-0.39, 0.29) is 11.5 Å². The van der Waals surface area contributed by atoms with Crippen LogP contribution in [0.15, 0.2) is 72.8 Å². The average Bonchev–Trinajstić information content (AvgIpc) is 2.77. The zero-order valence-corrected chi connectivity index (χ0v) is 17.2. The Balaban J connectivity index is 1.52. The lowest BCUT2D eigenvalue weighted by Crippen LogP contribution is -2.45. The summed E-state index contributed by atoms with van der Waals surface area (Å²) in [5, 5.41) is 2.76. The molecule has 0 aromatic heterocycles. The maximum atomic E-state index is 13.4. The van der Waals surface area contributed by atoms with Crippen LogP contribution in [0.1, 0.15) is 29.3 Å². The molecule has 0 radical (unpaired) electrons. The molecule has 1 unspecified atom stereocenters. The molecule has 6 heteroatoms. The number of nitrogens with one attached hydrogen (secondary N) is 1. The fourth-order valence-corrected chi connectivity index (χ4v) is 3.63. The first-order valence-electron chi connectivity index (χ1n) is 10.2. The van der Waals surface area contributed by atoms with E-state index in [1.54, 1.807) is 36.1 Å². The summed E-state index contributed by atoms with van der Waals surface area (Å²) in [6.07, 6.45) is 1.07. The van der Waals surface area contributed by atoms with Gasteiger partial charge >= 0.3 is 0 Å². The fraction of sp³-hybridized carbons (Fsp3) is 0.200. The second-order valence-corrected chi connectivity index (χ2v) is 7.49. The Labute approximate surface area is 180 Å². The van der Waals surface area contributed by atoms with E-state index in [0.717, 1.165) is 12.8 Å². The van der Waals surface area contributed by atoms with Crippen LogP contribution in [0.3, 0.4) is 0 Å². The second-order valence-electron chi connectivity index (χ2n) is 7.49. The third-order valence-electron chi connectivity index (χ3n) is 5.20. The van der Waals surface area contributed by atoms with E-state index in [1.807, 2.05) is 18.2 Å². The molecule has 0 saturated heterocycles.